The molecule has 0 aliphatic carbocycles. The summed E-state index contributed by atoms with van der Waals surface area (Å²) in [6.07, 6.45) is 7.17. The predicted molar refractivity (Wildman–Crippen MR) is 116 cm³/mol. The fourth-order valence-corrected chi connectivity index (χ4v) is 3.19. The highest BCUT2D eigenvalue weighted by atomic mass is 14.9. The first-order valence-corrected chi connectivity index (χ1v) is 9.80. The van der Waals surface area contributed by atoms with Crippen LogP contribution >= 0.6 is 0 Å². The van der Waals surface area contributed by atoms with Gasteiger partial charge in [0.05, 0.1) is 11.3 Å². The van der Waals surface area contributed by atoms with Crippen molar-refractivity contribution in [2.45, 2.75) is 53.4 Å². The highest BCUT2D eigenvalue weighted by molar-refractivity contribution is 5.87. The number of aliphatic imine (C=N–C) groups is 1. The lowest BCUT2D eigenvalue weighted by molar-refractivity contribution is 1.08. The zero-order valence-corrected chi connectivity index (χ0v) is 16.8. The molecule has 2 aromatic rings. The van der Waals surface area contributed by atoms with Crippen LogP contribution in [0.1, 0.15) is 49.9 Å². The van der Waals surface area contributed by atoms with Gasteiger partial charge >= 0.3 is 0 Å². The summed E-state index contributed by atoms with van der Waals surface area (Å²) in [5, 5.41) is 12.9. The van der Waals surface area contributed by atoms with Crippen LogP contribution in [0.2, 0.25) is 0 Å². The number of hydrogen-bond donors (Lipinski definition) is 1. The molecule has 140 valence electrons. The monoisotopic (exact) mass is 359 g/mol. The van der Waals surface area contributed by atoms with Gasteiger partial charge in [-0.2, -0.15) is 5.26 Å². The molecule has 0 bridgehead atoms. The summed E-state index contributed by atoms with van der Waals surface area (Å²) >= 11 is 0. The molecule has 0 aliphatic rings. The zero-order valence-electron chi connectivity index (χ0n) is 16.8. The lowest BCUT2D eigenvalue weighted by Gasteiger charge is -2.12. The Morgan fingerprint density at radius 3 is 1.81 bits per heavy atom. The van der Waals surface area contributed by atoms with Crippen molar-refractivity contribution >= 4 is 17.6 Å². The molecule has 3 nitrogen and oxygen atoms in total. The Morgan fingerprint density at radius 1 is 0.889 bits per heavy atom. The first kappa shape index (κ1) is 20.5. The number of nitrogens with one attached hydrogen (secondary N) is 1. The topological polar surface area (TPSA) is 48.2 Å². The van der Waals surface area contributed by atoms with Gasteiger partial charge in [0.2, 0.25) is 0 Å². The fraction of sp³-hybridized carbons (Fsp3) is 0.333. The summed E-state index contributed by atoms with van der Waals surface area (Å²) < 4.78 is 0. The molecule has 0 spiro atoms. The van der Waals surface area contributed by atoms with Crippen molar-refractivity contribution < 1.29 is 0 Å². The minimum absolute atomic E-state index is 0.510. The summed E-state index contributed by atoms with van der Waals surface area (Å²) in [7, 11) is 0. The van der Waals surface area contributed by atoms with Crippen LogP contribution in [0.4, 0.5) is 11.4 Å². The van der Waals surface area contributed by atoms with Crippen molar-refractivity contribution in [1.82, 2.24) is 0 Å². The summed E-state index contributed by atoms with van der Waals surface area (Å²) in [6, 6.07) is 14.9. The van der Waals surface area contributed by atoms with E-state index in [0.29, 0.717) is 5.57 Å². The summed E-state index contributed by atoms with van der Waals surface area (Å²) in [6.45, 7) is 8.54. The van der Waals surface area contributed by atoms with Gasteiger partial charge in [0.25, 0.3) is 0 Å². The van der Waals surface area contributed by atoms with Crippen LogP contribution in [0.25, 0.3) is 0 Å². The molecule has 0 radical (unpaired) electrons. The Labute approximate surface area is 163 Å². The Balaban J connectivity index is 2.32. The maximum absolute atomic E-state index is 9.54. The van der Waals surface area contributed by atoms with Gasteiger partial charge in [-0.25, -0.2) is 0 Å². The number of anilines is 1. The van der Waals surface area contributed by atoms with Crippen LogP contribution in [-0.2, 0) is 25.7 Å². The quantitative estimate of drug-likeness (QED) is 0.453. The van der Waals surface area contributed by atoms with Gasteiger partial charge in [-0.1, -0.05) is 64.1 Å². The lowest BCUT2D eigenvalue weighted by Crippen LogP contribution is -2.00. The highest BCUT2D eigenvalue weighted by Gasteiger charge is 2.06. The summed E-state index contributed by atoms with van der Waals surface area (Å²) in [4.78, 5) is 4.66. The maximum atomic E-state index is 9.54. The van der Waals surface area contributed by atoms with E-state index < -0.39 is 0 Å². The van der Waals surface area contributed by atoms with Gasteiger partial charge in [-0.15, -0.1) is 0 Å². The standard InChI is InChI=1S/C24H29N3/c1-5-19-11-9-12-20(6-2)23(19)26-16-18(15-25)17-27-24-21(7-3)13-10-14-22(24)8-4/h9-14,16-17,26H,5-8H2,1-4H3/b18-16+,27-17?. The molecule has 1 N–H and O–H groups in total. The van der Waals surface area contributed by atoms with Crippen molar-refractivity contribution in [3.05, 3.63) is 70.4 Å². The molecular weight excluding hydrogens is 330 g/mol. The van der Waals surface area contributed by atoms with E-state index in [4.69, 9.17) is 0 Å². The number of benzene rings is 2. The van der Waals surface area contributed by atoms with Crippen molar-refractivity contribution in [1.29, 1.82) is 5.26 Å². The molecule has 0 saturated carbocycles. The number of nitrogens with zero attached hydrogens (tertiary/aromatic N) is 2. The van der Waals surface area contributed by atoms with E-state index in [-0.39, 0.29) is 0 Å². The van der Waals surface area contributed by atoms with Crippen LogP contribution in [-0.4, -0.2) is 6.21 Å². The third-order valence-electron chi connectivity index (χ3n) is 4.80. The minimum Gasteiger partial charge on any atom is -0.360 e. The normalized spacial score (nSPS) is 11.6. The number of hydrogen-bond acceptors (Lipinski definition) is 3. The predicted octanol–water partition coefficient (Wildman–Crippen LogP) is 6.16. The molecule has 0 fully saturated rings. The van der Waals surface area contributed by atoms with E-state index in [1.54, 1.807) is 12.4 Å². The first-order valence-electron chi connectivity index (χ1n) is 9.80. The van der Waals surface area contributed by atoms with E-state index in [1.165, 1.54) is 22.3 Å². The van der Waals surface area contributed by atoms with Crippen molar-refractivity contribution in [2.24, 2.45) is 4.99 Å². The van der Waals surface area contributed by atoms with Gasteiger partial charge < -0.3 is 5.32 Å². The third kappa shape index (κ3) is 5.08. The lowest BCUT2D eigenvalue weighted by atomic mass is 10.0. The Bertz CT molecular complexity index is 825. The third-order valence-corrected chi connectivity index (χ3v) is 4.80. The van der Waals surface area contributed by atoms with Crippen molar-refractivity contribution in [3.63, 3.8) is 0 Å². The maximum Gasteiger partial charge on any atom is 0.102 e. The van der Waals surface area contributed by atoms with Crippen LogP contribution in [0, 0.1) is 11.3 Å². The van der Waals surface area contributed by atoms with E-state index in [0.717, 1.165) is 37.1 Å². The highest BCUT2D eigenvalue weighted by Crippen LogP contribution is 2.26. The Hall–Kier alpha value is -2.86. The summed E-state index contributed by atoms with van der Waals surface area (Å²) in [5.74, 6) is 0. The molecule has 0 aliphatic heterocycles. The summed E-state index contributed by atoms with van der Waals surface area (Å²) in [5.41, 5.74) is 7.53. The number of rotatable bonds is 8. The van der Waals surface area contributed by atoms with E-state index in [1.807, 2.05) is 0 Å². The van der Waals surface area contributed by atoms with E-state index in [2.05, 4.69) is 80.5 Å². The van der Waals surface area contributed by atoms with Gasteiger partial charge in [0.15, 0.2) is 0 Å². The molecule has 0 unspecified atom stereocenters. The number of aryl methyl sites for hydroxylation is 4. The number of para-hydroxylation sites is 2. The molecule has 0 atom stereocenters. The fourth-order valence-electron chi connectivity index (χ4n) is 3.19. The van der Waals surface area contributed by atoms with Crippen molar-refractivity contribution in [2.75, 3.05) is 5.32 Å². The number of nitriles is 1. The molecule has 0 heterocycles. The van der Waals surface area contributed by atoms with Gasteiger partial charge in [0.1, 0.15) is 6.07 Å². The van der Waals surface area contributed by atoms with Crippen LogP contribution < -0.4 is 5.32 Å². The molecule has 2 aromatic carbocycles. The second-order valence-corrected chi connectivity index (χ2v) is 6.40. The zero-order chi connectivity index (χ0) is 19.6. The SMILES string of the molecule is CCc1cccc(CC)c1N=C/C(C#N)=C/Nc1c(CC)cccc1CC. The minimum atomic E-state index is 0.510. The van der Waals surface area contributed by atoms with Gasteiger partial charge in [-0.3, -0.25) is 4.99 Å². The molecule has 0 amide bonds. The average Bonchev–Trinajstić information content (AvgIpc) is 2.73. The second kappa shape index (κ2) is 10.3. The second-order valence-electron chi connectivity index (χ2n) is 6.40. The van der Waals surface area contributed by atoms with Crippen LogP contribution in [0.5, 0.6) is 0 Å². The molecule has 27 heavy (non-hydrogen) atoms. The molecule has 0 aromatic heterocycles. The van der Waals surface area contributed by atoms with Crippen LogP contribution in [0.15, 0.2) is 53.2 Å². The molecule has 0 saturated heterocycles. The van der Waals surface area contributed by atoms with Gasteiger partial charge in [-0.05, 0) is 47.9 Å². The van der Waals surface area contributed by atoms with Crippen LogP contribution in [0.3, 0.4) is 0 Å². The van der Waals surface area contributed by atoms with E-state index in [9.17, 15) is 5.26 Å². The van der Waals surface area contributed by atoms with Gasteiger partial charge in [0, 0.05) is 18.1 Å². The largest absolute Gasteiger partial charge is 0.360 e. The number of allylic oxidation sites excluding steroid dienone is 1. The Morgan fingerprint density at radius 2 is 1.37 bits per heavy atom. The molecule has 2 rings (SSSR count). The van der Waals surface area contributed by atoms with E-state index >= 15 is 0 Å². The molecular formula is C24H29N3. The average molecular weight is 360 g/mol. The van der Waals surface area contributed by atoms with Crippen molar-refractivity contribution in [3.8, 4) is 6.07 Å². The smallest absolute Gasteiger partial charge is 0.102 e. The Kier molecular flexibility index (Phi) is 7.82. The first-order chi connectivity index (χ1) is 13.2. The molecule has 3 heteroatoms.